The minimum Gasteiger partial charge on any atom is -0.448 e. The van der Waals surface area contributed by atoms with Gasteiger partial charge < -0.3 is 10.2 Å². The van der Waals surface area contributed by atoms with Gasteiger partial charge in [-0.15, -0.1) is 0 Å². The van der Waals surface area contributed by atoms with Crippen LogP contribution in [0.1, 0.15) is 5.89 Å². The Hall–Kier alpha value is -1.32. The van der Waals surface area contributed by atoms with Gasteiger partial charge in [-0.1, -0.05) is 23.7 Å². The van der Waals surface area contributed by atoms with Crippen LogP contribution in [0.5, 0.6) is 0 Å². The Labute approximate surface area is 92.9 Å². The lowest BCUT2D eigenvalue weighted by Gasteiger charge is -1.94. The zero-order valence-electron chi connectivity index (χ0n) is 8.11. The summed E-state index contributed by atoms with van der Waals surface area (Å²) in [5.74, 6) is 0.669. The molecule has 2 aromatic rings. The summed E-state index contributed by atoms with van der Waals surface area (Å²) < 4.78 is 5.27. The molecule has 15 heavy (non-hydrogen) atoms. The van der Waals surface area contributed by atoms with Crippen LogP contribution in [0, 0.1) is 0 Å². The average molecular weight is 223 g/mol. The Balaban J connectivity index is 2.25. The summed E-state index contributed by atoms with van der Waals surface area (Å²) in [6.45, 7) is 0.542. The number of hydrogen-bond acceptors (Lipinski definition) is 3. The Morgan fingerprint density at radius 2 is 2.00 bits per heavy atom. The van der Waals surface area contributed by atoms with E-state index in [0.717, 1.165) is 11.3 Å². The average Bonchev–Trinajstić information content (AvgIpc) is 2.68. The van der Waals surface area contributed by atoms with E-state index in [4.69, 9.17) is 21.8 Å². The number of aromatic nitrogens is 1. The minimum absolute atomic E-state index is 0.542. The predicted molar refractivity (Wildman–Crippen MR) is 59.7 cm³/mol. The molecule has 0 spiro atoms. The van der Waals surface area contributed by atoms with Crippen LogP contribution in [0.25, 0.3) is 11.3 Å². The molecular formula is C11H11ClN2O. The van der Waals surface area contributed by atoms with Gasteiger partial charge in [-0.2, -0.15) is 0 Å². The van der Waals surface area contributed by atoms with E-state index in [0.29, 0.717) is 23.9 Å². The zero-order chi connectivity index (χ0) is 10.7. The molecule has 1 aromatic carbocycles. The fraction of sp³-hybridized carbons (Fsp3) is 0.182. The molecular weight excluding hydrogens is 212 g/mol. The van der Waals surface area contributed by atoms with Crippen LogP contribution in [0.2, 0.25) is 5.02 Å². The molecule has 0 unspecified atom stereocenters. The third-order valence-electron chi connectivity index (χ3n) is 2.05. The molecule has 0 fully saturated rings. The van der Waals surface area contributed by atoms with Gasteiger partial charge in [0.2, 0.25) is 0 Å². The largest absolute Gasteiger partial charge is 0.448 e. The van der Waals surface area contributed by atoms with Crippen molar-refractivity contribution in [2.45, 2.75) is 6.42 Å². The summed E-state index contributed by atoms with van der Waals surface area (Å²) in [4.78, 5) is 4.31. The molecule has 0 aliphatic carbocycles. The molecule has 0 atom stereocenters. The van der Waals surface area contributed by atoms with Gasteiger partial charge in [0.15, 0.2) is 5.89 Å². The number of nitrogens with two attached hydrogens (primary N) is 1. The maximum absolute atomic E-state index is 5.79. The molecule has 0 aliphatic heterocycles. The molecule has 78 valence electrons. The monoisotopic (exact) mass is 222 g/mol. The maximum atomic E-state index is 5.79. The minimum atomic E-state index is 0.542. The van der Waals surface area contributed by atoms with Crippen molar-refractivity contribution in [2.24, 2.45) is 5.73 Å². The van der Waals surface area contributed by atoms with Gasteiger partial charge in [0.1, 0.15) is 12.0 Å². The fourth-order valence-electron chi connectivity index (χ4n) is 1.30. The first kappa shape index (κ1) is 10.2. The molecule has 0 saturated carbocycles. The molecule has 4 heteroatoms. The summed E-state index contributed by atoms with van der Waals surface area (Å²) in [7, 11) is 0. The molecule has 0 radical (unpaired) electrons. The topological polar surface area (TPSA) is 52.0 Å². The van der Waals surface area contributed by atoms with E-state index in [-0.39, 0.29) is 0 Å². The van der Waals surface area contributed by atoms with Crippen molar-refractivity contribution >= 4 is 11.6 Å². The highest BCUT2D eigenvalue weighted by molar-refractivity contribution is 6.30. The van der Waals surface area contributed by atoms with Crippen molar-refractivity contribution in [3.63, 3.8) is 0 Å². The van der Waals surface area contributed by atoms with Gasteiger partial charge in [0.25, 0.3) is 0 Å². The van der Waals surface area contributed by atoms with Crippen molar-refractivity contribution in [1.82, 2.24) is 4.98 Å². The van der Waals surface area contributed by atoms with Crippen LogP contribution in [0.3, 0.4) is 0 Å². The molecule has 2 N–H and O–H groups in total. The van der Waals surface area contributed by atoms with Gasteiger partial charge in [0, 0.05) is 23.6 Å². The van der Waals surface area contributed by atoms with Crippen molar-refractivity contribution in [3.05, 3.63) is 41.4 Å². The Bertz CT molecular complexity index is 436. The summed E-state index contributed by atoms with van der Waals surface area (Å²) in [5, 5.41) is 0.712. The first-order valence-corrected chi connectivity index (χ1v) is 5.08. The van der Waals surface area contributed by atoms with E-state index in [1.807, 2.05) is 24.3 Å². The van der Waals surface area contributed by atoms with Crippen molar-refractivity contribution in [3.8, 4) is 11.3 Å². The van der Waals surface area contributed by atoms with Crippen LogP contribution in [0.4, 0.5) is 0 Å². The number of oxazole rings is 1. The van der Waals surface area contributed by atoms with Crippen molar-refractivity contribution in [2.75, 3.05) is 6.54 Å². The van der Waals surface area contributed by atoms with Crippen LogP contribution in [-0.4, -0.2) is 11.5 Å². The maximum Gasteiger partial charge on any atom is 0.195 e. The number of halogens is 1. The van der Waals surface area contributed by atoms with Gasteiger partial charge in [-0.3, -0.25) is 0 Å². The van der Waals surface area contributed by atoms with Gasteiger partial charge >= 0.3 is 0 Å². The van der Waals surface area contributed by atoms with Crippen molar-refractivity contribution < 1.29 is 4.42 Å². The Morgan fingerprint density at radius 3 is 2.67 bits per heavy atom. The SMILES string of the molecule is NCCc1nc(-c2ccc(Cl)cc2)co1. The normalized spacial score (nSPS) is 10.5. The smallest absolute Gasteiger partial charge is 0.195 e. The van der Waals surface area contributed by atoms with Crippen LogP contribution >= 0.6 is 11.6 Å². The third-order valence-corrected chi connectivity index (χ3v) is 2.30. The summed E-state index contributed by atoms with van der Waals surface area (Å²) >= 11 is 5.79. The van der Waals surface area contributed by atoms with Gasteiger partial charge in [-0.05, 0) is 12.1 Å². The summed E-state index contributed by atoms with van der Waals surface area (Å²) in [6, 6.07) is 7.47. The standard InChI is InChI=1S/C11H11ClN2O/c12-9-3-1-8(2-4-9)10-7-15-11(14-10)5-6-13/h1-4,7H,5-6,13H2. The highest BCUT2D eigenvalue weighted by Gasteiger charge is 2.04. The number of hydrogen-bond donors (Lipinski definition) is 1. The Morgan fingerprint density at radius 1 is 1.27 bits per heavy atom. The zero-order valence-corrected chi connectivity index (χ0v) is 8.87. The molecule has 2 rings (SSSR count). The van der Waals surface area contributed by atoms with Gasteiger partial charge in [-0.25, -0.2) is 4.98 Å². The Kier molecular flexibility index (Phi) is 3.04. The van der Waals surface area contributed by atoms with E-state index in [2.05, 4.69) is 4.98 Å². The first-order chi connectivity index (χ1) is 7.29. The van der Waals surface area contributed by atoms with Crippen LogP contribution < -0.4 is 5.73 Å². The summed E-state index contributed by atoms with van der Waals surface area (Å²) in [5.41, 5.74) is 7.22. The quantitative estimate of drug-likeness (QED) is 0.868. The molecule has 3 nitrogen and oxygen atoms in total. The van der Waals surface area contributed by atoms with E-state index in [9.17, 15) is 0 Å². The van der Waals surface area contributed by atoms with Crippen LogP contribution in [-0.2, 0) is 6.42 Å². The van der Waals surface area contributed by atoms with Gasteiger partial charge in [0.05, 0.1) is 0 Å². The second kappa shape index (κ2) is 4.47. The number of benzene rings is 1. The third kappa shape index (κ3) is 2.37. The highest BCUT2D eigenvalue weighted by Crippen LogP contribution is 2.20. The van der Waals surface area contributed by atoms with E-state index >= 15 is 0 Å². The molecule has 0 aliphatic rings. The molecule has 0 saturated heterocycles. The molecule has 0 bridgehead atoms. The highest BCUT2D eigenvalue weighted by atomic mass is 35.5. The number of rotatable bonds is 3. The van der Waals surface area contributed by atoms with Crippen LogP contribution in [0.15, 0.2) is 34.9 Å². The molecule has 1 heterocycles. The van der Waals surface area contributed by atoms with E-state index in [1.165, 1.54) is 0 Å². The second-order valence-electron chi connectivity index (χ2n) is 3.17. The summed E-state index contributed by atoms with van der Waals surface area (Å²) in [6.07, 6.45) is 2.29. The lowest BCUT2D eigenvalue weighted by Crippen LogP contribution is -2.02. The lowest BCUT2D eigenvalue weighted by atomic mass is 10.2. The number of nitrogens with zero attached hydrogens (tertiary/aromatic N) is 1. The molecule has 0 amide bonds. The second-order valence-corrected chi connectivity index (χ2v) is 3.61. The molecule has 1 aromatic heterocycles. The lowest BCUT2D eigenvalue weighted by molar-refractivity contribution is 0.496. The van der Waals surface area contributed by atoms with E-state index < -0.39 is 0 Å². The fourth-order valence-corrected chi connectivity index (χ4v) is 1.43. The first-order valence-electron chi connectivity index (χ1n) is 4.70. The van der Waals surface area contributed by atoms with Crippen molar-refractivity contribution in [1.29, 1.82) is 0 Å². The van der Waals surface area contributed by atoms with E-state index in [1.54, 1.807) is 6.26 Å². The predicted octanol–water partition coefficient (Wildman–Crippen LogP) is 2.50.